The summed E-state index contributed by atoms with van der Waals surface area (Å²) in [5.41, 5.74) is 0. The summed E-state index contributed by atoms with van der Waals surface area (Å²) in [5.74, 6) is -3.26. The van der Waals surface area contributed by atoms with Gasteiger partial charge < -0.3 is 25.5 Å². The van der Waals surface area contributed by atoms with E-state index < -0.39 is 23.9 Å². The fourth-order valence-corrected chi connectivity index (χ4v) is 1.64. The first-order chi connectivity index (χ1) is 11.8. The average Bonchev–Trinajstić information content (AvgIpc) is 2.52. The van der Waals surface area contributed by atoms with Crippen molar-refractivity contribution in [1.82, 2.24) is 0 Å². The Hall–Kier alpha value is -2.16. The first-order valence-corrected chi connectivity index (χ1v) is 8.07. The minimum absolute atomic E-state index is 0.0628. The molecule has 5 N–H and O–H groups in total. The monoisotopic (exact) mass is 366 g/mol. The van der Waals surface area contributed by atoms with Crippen LogP contribution in [0, 0.1) is 0 Å². The van der Waals surface area contributed by atoms with Gasteiger partial charge in [-0.1, -0.05) is 19.3 Å². The molecule has 0 atom stereocenters. The van der Waals surface area contributed by atoms with E-state index >= 15 is 0 Å². The van der Waals surface area contributed by atoms with Crippen molar-refractivity contribution in [3.8, 4) is 0 Å². The van der Waals surface area contributed by atoms with Crippen LogP contribution in [0.2, 0.25) is 0 Å². The Kier molecular flexibility index (Phi) is 24.2. The molecule has 0 unspecified atom stereocenters. The second-order valence-electron chi connectivity index (χ2n) is 5.05. The smallest absolute Gasteiger partial charge is 0.303 e. The number of hydrogen-bond acceptors (Lipinski definition) is 5. The van der Waals surface area contributed by atoms with Crippen molar-refractivity contribution in [3.05, 3.63) is 0 Å². The van der Waals surface area contributed by atoms with Gasteiger partial charge in [-0.25, -0.2) is 0 Å². The van der Waals surface area contributed by atoms with Crippen molar-refractivity contribution in [2.45, 2.75) is 70.6 Å². The maximum atomic E-state index is 10.1. The lowest BCUT2D eigenvalue weighted by Crippen LogP contribution is -1.97. The van der Waals surface area contributed by atoms with E-state index in [1.807, 2.05) is 0 Å². The number of carboxylic acid groups (broad SMARTS) is 4. The molecule has 9 nitrogen and oxygen atoms in total. The largest absolute Gasteiger partial charge is 0.481 e. The standard InChI is InChI=1S/C9H16O4.C6H10O4.CH4O/c10-8(11)6-4-2-1-3-5-7-9(12)13;7-5(8)3-1-2-4-6(9)10;1-2/h1-7H2,(H,10,11)(H,12,13);1-4H2,(H,7,8)(H,9,10);2H,1H3. The van der Waals surface area contributed by atoms with Gasteiger partial charge in [-0.05, 0) is 25.7 Å². The quantitative estimate of drug-likeness (QED) is 0.307. The van der Waals surface area contributed by atoms with Gasteiger partial charge in [-0.3, -0.25) is 19.2 Å². The van der Waals surface area contributed by atoms with Crippen LogP contribution in [0.3, 0.4) is 0 Å². The fourth-order valence-electron chi connectivity index (χ4n) is 1.64. The van der Waals surface area contributed by atoms with E-state index in [1.165, 1.54) is 0 Å². The molecule has 0 aromatic heterocycles. The summed E-state index contributed by atoms with van der Waals surface area (Å²) in [4.78, 5) is 40.0. The summed E-state index contributed by atoms with van der Waals surface area (Å²) in [5, 5.41) is 39.9. The number of aliphatic carboxylic acids is 4. The zero-order valence-corrected chi connectivity index (χ0v) is 14.6. The van der Waals surface area contributed by atoms with Crippen LogP contribution in [-0.4, -0.2) is 56.5 Å². The van der Waals surface area contributed by atoms with E-state index in [-0.39, 0.29) is 25.7 Å². The summed E-state index contributed by atoms with van der Waals surface area (Å²) in [6.45, 7) is 0. The van der Waals surface area contributed by atoms with Gasteiger partial charge in [0.1, 0.15) is 0 Å². The molecule has 25 heavy (non-hydrogen) atoms. The molecule has 0 bridgehead atoms. The minimum Gasteiger partial charge on any atom is -0.481 e. The third-order valence-electron chi connectivity index (χ3n) is 2.81. The van der Waals surface area contributed by atoms with Gasteiger partial charge in [0.25, 0.3) is 0 Å². The van der Waals surface area contributed by atoms with Crippen molar-refractivity contribution >= 4 is 23.9 Å². The Bertz CT molecular complexity index is 333. The number of carbonyl (C=O) groups is 4. The van der Waals surface area contributed by atoms with Gasteiger partial charge in [0.05, 0.1) is 0 Å². The van der Waals surface area contributed by atoms with Gasteiger partial charge in [0, 0.05) is 32.8 Å². The lowest BCUT2D eigenvalue weighted by molar-refractivity contribution is -0.139. The average molecular weight is 366 g/mol. The van der Waals surface area contributed by atoms with Crippen molar-refractivity contribution in [3.63, 3.8) is 0 Å². The summed E-state index contributed by atoms with van der Waals surface area (Å²) >= 11 is 0. The maximum Gasteiger partial charge on any atom is 0.303 e. The molecule has 0 spiro atoms. The number of hydrogen-bond donors (Lipinski definition) is 5. The molecule has 0 radical (unpaired) electrons. The Morgan fingerprint density at radius 3 is 0.800 bits per heavy atom. The van der Waals surface area contributed by atoms with Crippen LogP contribution in [0.1, 0.15) is 70.6 Å². The number of carboxylic acids is 4. The SMILES string of the molecule is CO.O=C(O)CCCCC(=O)O.O=C(O)CCCCCCCC(=O)O. The van der Waals surface area contributed by atoms with Crippen molar-refractivity contribution < 1.29 is 44.7 Å². The summed E-state index contributed by atoms with van der Waals surface area (Å²) in [6, 6.07) is 0. The molecule has 0 aliphatic rings. The topological polar surface area (TPSA) is 169 Å². The van der Waals surface area contributed by atoms with Crippen LogP contribution >= 0.6 is 0 Å². The number of aliphatic hydroxyl groups is 1. The molecule has 0 saturated carbocycles. The van der Waals surface area contributed by atoms with E-state index in [0.717, 1.165) is 26.4 Å². The lowest BCUT2D eigenvalue weighted by Gasteiger charge is -1.97. The number of rotatable bonds is 13. The highest BCUT2D eigenvalue weighted by Gasteiger charge is 1.99. The second-order valence-corrected chi connectivity index (χ2v) is 5.05. The van der Waals surface area contributed by atoms with Gasteiger partial charge in [0.15, 0.2) is 0 Å². The van der Waals surface area contributed by atoms with E-state index in [1.54, 1.807) is 0 Å². The molecule has 0 fully saturated rings. The number of unbranched alkanes of at least 4 members (excludes halogenated alkanes) is 5. The summed E-state index contributed by atoms with van der Waals surface area (Å²) < 4.78 is 0. The highest BCUT2D eigenvalue weighted by molar-refractivity contribution is 5.68. The second kappa shape index (κ2) is 21.8. The molecule has 9 heteroatoms. The summed E-state index contributed by atoms with van der Waals surface area (Å²) in [7, 11) is 1.00. The number of aliphatic hydroxyl groups excluding tert-OH is 1. The predicted molar refractivity (Wildman–Crippen MR) is 89.5 cm³/mol. The molecule has 0 rings (SSSR count). The highest BCUT2D eigenvalue weighted by atomic mass is 16.4. The van der Waals surface area contributed by atoms with Crippen molar-refractivity contribution in [2.75, 3.05) is 7.11 Å². The van der Waals surface area contributed by atoms with Crippen LogP contribution in [0.15, 0.2) is 0 Å². The van der Waals surface area contributed by atoms with E-state index in [0.29, 0.717) is 25.7 Å². The normalized spacial score (nSPS) is 9.04. The molecule has 0 aliphatic heterocycles. The van der Waals surface area contributed by atoms with Gasteiger partial charge >= 0.3 is 23.9 Å². The van der Waals surface area contributed by atoms with Crippen molar-refractivity contribution in [2.24, 2.45) is 0 Å². The van der Waals surface area contributed by atoms with Crippen LogP contribution in [0.4, 0.5) is 0 Å². The lowest BCUT2D eigenvalue weighted by atomic mass is 10.1. The molecule has 0 heterocycles. The Balaban J connectivity index is -0.000000362. The van der Waals surface area contributed by atoms with Crippen LogP contribution in [0.5, 0.6) is 0 Å². The molecular weight excluding hydrogens is 336 g/mol. The van der Waals surface area contributed by atoms with Gasteiger partial charge in [-0.15, -0.1) is 0 Å². The van der Waals surface area contributed by atoms with Crippen LogP contribution in [0.25, 0.3) is 0 Å². The molecule has 0 aromatic rings. The molecular formula is C16H30O9. The minimum atomic E-state index is -0.870. The highest BCUT2D eigenvalue weighted by Crippen LogP contribution is 2.06. The van der Waals surface area contributed by atoms with E-state index in [4.69, 9.17) is 25.5 Å². The summed E-state index contributed by atoms with van der Waals surface area (Å²) in [6.07, 6.45) is 5.55. The van der Waals surface area contributed by atoms with Gasteiger partial charge in [-0.2, -0.15) is 0 Å². The zero-order valence-electron chi connectivity index (χ0n) is 14.6. The maximum absolute atomic E-state index is 10.1. The third kappa shape index (κ3) is 39.0. The van der Waals surface area contributed by atoms with Crippen molar-refractivity contribution in [1.29, 1.82) is 0 Å². The van der Waals surface area contributed by atoms with E-state index in [9.17, 15) is 19.2 Å². The Morgan fingerprint density at radius 2 is 0.600 bits per heavy atom. The molecule has 0 saturated heterocycles. The van der Waals surface area contributed by atoms with E-state index in [2.05, 4.69) is 0 Å². The first-order valence-electron chi connectivity index (χ1n) is 8.07. The van der Waals surface area contributed by atoms with Gasteiger partial charge in [0.2, 0.25) is 0 Å². The third-order valence-corrected chi connectivity index (χ3v) is 2.81. The van der Waals surface area contributed by atoms with Crippen LogP contribution in [-0.2, 0) is 19.2 Å². The molecule has 0 aromatic carbocycles. The predicted octanol–water partition coefficient (Wildman–Crippen LogP) is 2.21. The molecule has 0 aliphatic carbocycles. The Labute approximate surface area is 147 Å². The van der Waals surface area contributed by atoms with Crippen LogP contribution < -0.4 is 0 Å². The zero-order chi connectivity index (χ0) is 20.1. The Morgan fingerprint density at radius 1 is 0.440 bits per heavy atom. The molecule has 0 amide bonds. The first kappa shape index (κ1) is 27.7. The molecule has 148 valence electrons. The fraction of sp³-hybridized carbons (Fsp3) is 0.750.